The molecule has 0 fully saturated rings. The molecule has 0 aromatic heterocycles. The molecule has 3 aromatic rings. The van der Waals surface area contributed by atoms with E-state index in [1.165, 1.54) is 11.1 Å². The minimum atomic E-state index is -0.918. The molecule has 0 heterocycles. The Morgan fingerprint density at radius 2 is 1.63 bits per heavy atom. The molecule has 0 spiro atoms. The van der Waals surface area contributed by atoms with E-state index in [1.54, 1.807) is 36.0 Å². The number of thioether (sulfide) groups is 1. The van der Waals surface area contributed by atoms with E-state index in [9.17, 15) is 4.79 Å². The average Bonchev–Trinajstić information content (AvgIpc) is 2.71. The lowest BCUT2D eigenvalue weighted by atomic mass is 10.0. The highest BCUT2D eigenvalue weighted by Gasteiger charge is 2.10. The van der Waals surface area contributed by atoms with Gasteiger partial charge in [-0.1, -0.05) is 54.6 Å². The van der Waals surface area contributed by atoms with Gasteiger partial charge in [-0.25, -0.2) is 4.79 Å². The fourth-order valence-corrected chi connectivity index (χ4v) is 3.50. The molecule has 0 unspecified atom stereocenters. The van der Waals surface area contributed by atoms with E-state index in [-0.39, 0.29) is 5.56 Å². The van der Waals surface area contributed by atoms with Crippen LogP contribution in [-0.4, -0.2) is 17.3 Å². The van der Waals surface area contributed by atoms with Gasteiger partial charge in [0.1, 0.15) is 12.4 Å². The monoisotopic (exact) mass is 378 g/mol. The lowest BCUT2D eigenvalue weighted by Crippen LogP contribution is -2.02. The second-order valence-corrected chi connectivity index (χ2v) is 7.07. The largest absolute Gasteiger partial charge is 0.487 e. The third-order valence-electron chi connectivity index (χ3n) is 4.39. The predicted octanol–water partition coefficient (Wildman–Crippen LogP) is 5.47. The van der Waals surface area contributed by atoms with Crippen LogP contribution in [0.25, 0.3) is 0 Å². The van der Waals surface area contributed by atoms with Gasteiger partial charge < -0.3 is 9.84 Å². The van der Waals surface area contributed by atoms with E-state index >= 15 is 0 Å². The van der Waals surface area contributed by atoms with E-state index in [2.05, 4.69) is 42.5 Å². The first-order valence-corrected chi connectivity index (χ1v) is 10.0. The Balaban J connectivity index is 1.73. The van der Waals surface area contributed by atoms with E-state index in [4.69, 9.17) is 9.84 Å². The smallest absolute Gasteiger partial charge is 0.335 e. The van der Waals surface area contributed by atoms with Crippen molar-refractivity contribution in [2.75, 3.05) is 6.26 Å². The SMILES string of the molecule is CSc1cccc(CCc2ccccc2)c1OCc1ccc(C(=O)O)cc1. The molecule has 3 aromatic carbocycles. The summed E-state index contributed by atoms with van der Waals surface area (Å²) in [6.45, 7) is 0.413. The number of hydrogen-bond donors (Lipinski definition) is 1. The van der Waals surface area contributed by atoms with E-state index in [0.29, 0.717) is 6.61 Å². The fourth-order valence-electron chi connectivity index (χ4n) is 2.91. The summed E-state index contributed by atoms with van der Waals surface area (Å²) >= 11 is 1.67. The van der Waals surface area contributed by atoms with Crippen molar-refractivity contribution >= 4 is 17.7 Å². The molecule has 0 saturated carbocycles. The minimum absolute atomic E-state index is 0.284. The molecule has 0 aliphatic heterocycles. The molecule has 0 amide bonds. The number of hydrogen-bond acceptors (Lipinski definition) is 3. The van der Waals surface area contributed by atoms with Crippen molar-refractivity contribution < 1.29 is 14.6 Å². The summed E-state index contributed by atoms with van der Waals surface area (Å²) in [5.74, 6) is 0.00152. The molecule has 0 saturated heterocycles. The summed E-state index contributed by atoms with van der Waals surface area (Å²) in [6, 6.07) is 23.5. The lowest BCUT2D eigenvalue weighted by molar-refractivity contribution is 0.0697. The summed E-state index contributed by atoms with van der Waals surface area (Å²) in [4.78, 5) is 12.1. The zero-order valence-electron chi connectivity index (χ0n) is 15.2. The van der Waals surface area contributed by atoms with Crippen LogP contribution in [0.3, 0.4) is 0 Å². The highest BCUT2D eigenvalue weighted by Crippen LogP contribution is 2.33. The number of carbonyl (C=O) groups is 1. The number of para-hydroxylation sites is 1. The molecule has 27 heavy (non-hydrogen) atoms. The molecular weight excluding hydrogens is 356 g/mol. The predicted molar refractivity (Wildman–Crippen MR) is 110 cm³/mol. The summed E-state index contributed by atoms with van der Waals surface area (Å²) in [5.41, 5.74) is 3.73. The van der Waals surface area contributed by atoms with E-state index < -0.39 is 5.97 Å². The first-order valence-electron chi connectivity index (χ1n) is 8.82. The minimum Gasteiger partial charge on any atom is -0.487 e. The van der Waals surface area contributed by atoms with Crippen molar-refractivity contribution in [2.45, 2.75) is 24.3 Å². The molecule has 0 aliphatic carbocycles. The topological polar surface area (TPSA) is 46.5 Å². The van der Waals surface area contributed by atoms with Crippen LogP contribution in [0.2, 0.25) is 0 Å². The second kappa shape index (κ2) is 9.28. The normalized spacial score (nSPS) is 10.6. The van der Waals surface area contributed by atoms with Crippen molar-refractivity contribution in [3.05, 3.63) is 95.1 Å². The van der Waals surface area contributed by atoms with Crippen LogP contribution in [0.1, 0.15) is 27.0 Å². The molecule has 0 radical (unpaired) electrons. The molecule has 3 nitrogen and oxygen atoms in total. The quantitative estimate of drug-likeness (QED) is 0.528. The summed E-state index contributed by atoms with van der Waals surface area (Å²) in [5, 5.41) is 9.01. The van der Waals surface area contributed by atoms with Crippen LogP contribution in [0, 0.1) is 0 Å². The molecular formula is C23H22O3S. The summed E-state index contributed by atoms with van der Waals surface area (Å²) < 4.78 is 6.17. The molecule has 1 N–H and O–H groups in total. The van der Waals surface area contributed by atoms with Gasteiger partial charge in [0.15, 0.2) is 0 Å². The first-order chi connectivity index (χ1) is 13.2. The Morgan fingerprint density at radius 3 is 2.30 bits per heavy atom. The Labute approximate surface area is 164 Å². The lowest BCUT2D eigenvalue weighted by Gasteiger charge is -2.15. The Bertz CT molecular complexity index is 889. The number of ether oxygens (including phenoxy) is 1. The van der Waals surface area contributed by atoms with Crippen molar-refractivity contribution in [3.63, 3.8) is 0 Å². The summed E-state index contributed by atoms with van der Waals surface area (Å²) in [6.07, 6.45) is 3.92. The third kappa shape index (κ3) is 5.14. The van der Waals surface area contributed by atoms with Gasteiger partial charge in [0.25, 0.3) is 0 Å². The van der Waals surface area contributed by atoms with Crippen LogP contribution in [0.4, 0.5) is 0 Å². The van der Waals surface area contributed by atoms with Crippen molar-refractivity contribution in [1.29, 1.82) is 0 Å². The second-order valence-electron chi connectivity index (χ2n) is 6.22. The average molecular weight is 378 g/mol. The Hall–Kier alpha value is -2.72. The van der Waals surface area contributed by atoms with Gasteiger partial charge in [0.05, 0.1) is 5.56 Å². The van der Waals surface area contributed by atoms with Crippen molar-refractivity contribution in [2.24, 2.45) is 0 Å². The van der Waals surface area contributed by atoms with Crippen molar-refractivity contribution in [3.8, 4) is 5.75 Å². The number of benzene rings is 3. The van der Waals surface area contributed by atoms with Gasteiger partial charge in [-0.2, -0.15) is 0 Å². The highest BCUT2D eigenvalue weighted by atomic mass is 32.2. The van der Waals surface area contributed by atoms with Crippen LogP contribution in [-0.2, 0) is 19.4 Å². The number of aromatic carboxylic acids is 1. The van der Waals surface area contributed by atoms with Gasteiger partial charge in [-0.05, 0) is 54.0 Å². The summed E-state index contributed by atoms with van der Waals surface area (Å²) in [7, 11) is 0. The fraction of sp³-hybridized carbons (Fsp3) is 0.174. The van der Waals surface area contributed by atoms with E-state index in [1.807, 2.05) is 12.3 Å². The zero-order valence-corrected chi connectivity index (χ0v) is 16.0. The number of rotatable bonds is 8. The molecule has 138 valence electrons. The van der Waals surface area contributed by atoms with Crippen LogP contribution in [0.15, 0.2) is 77.7 Å². The third-order valence-corrected chi connectivity index (χ3v) is 5.15. The maximum Gasteiger partial charge on any atom is 0.335 e. The molecule has 4 heteroatoms. The molecule has 0 bridgehead atoms. The number of carboxylic acid groups (broad SMARTS) is 1. The Morgan fingerprint density at radius 1 is 0.889 bits per heavy atom. The van der Waals surface area contributed by atoms with Crippen molar-refractivity contribution in [1.82, 2.24) is 0 Å². The first kappa shape index (κ1) is 19.1. The maximum atomic E-state index is 11.0. The number of aryl methyl sites for hydroxylation is 2. The van der Waals surface area contributed by atoms with Gasteiger partial charge in [0, 0.05) is 4.90 Å². The molecule has 0 aliphatic rings. The standard InChI is InChI=1S/C23H22O3S/c1-27-21-9-5-8-19(13-10-17-6-3-2-4-7-17)22(21)26-16-18-11-14-20(15-12-18)23(24)25/h2-9,11-12,14-15H,10,13,16H2,1H3,(H,24,25). The molecule has 0 atom stereocenters. The number of carboxylic acids is 1. The van der Waals surface area contributed by atoms with Gasteiger partial charge in [-0.15, -0.1) is 11.8 Å². The maximum absolute atomic E-state index is 11.0. The van der Waals surface area contributed by atoms with E-state index in [0.717, 1.165) is 29.1 Å². The zero-order chi connectivity index (χ0) is 19.1. The van der Waals surface area contributed by atoms with Gasteiger partial charge in [-0.3, -0.25) is 0 Å². The van der Waals surface area contributed by atoms with Gasteiger partial charge in [0.2, 0.25) is 0 Å². The van der Waals surface area contributed by atoms with Crippen LogP contribution < -0.4 is 4.74 Å². The molecule has 3 rings (SSSR count). The Kier molecular flexibility index (Phi) is 6.55. The van der Waals surface area contributed by atoms with Crippen LogP contribution in [0.5, 0.6) is 5.75 Å². The van der Waals surface area contributed by atoms with Crippen LogP contribution >= 0.6 is 11.8 Å². The highest BCUT2D eigenvalue weighted by molar-refractivity contribution is 7.98. The van der Waals surface area contributed by atoms with Gasteiger partial charge >= 0.3 is 5.97 Å².